The summed E-state index contributed by atoms with van der Waals surface area (Å²) in [6.07, 6.45) is 7.87. The lowest BCUT2D eigenvalue weighted by molar-refractivity contribution is -0.136. The first-order valence-corrected chi connectivity index (χ1v) is 11.9. The number of piperazine rings is 1. The number of hydrogen-bond acceptors (Lipinski definition) is 4. The molecule has 0 spiro atoms. The van der Waals surface area contributed by atoms with Crippen LogP contribution in [0, 0.1) is 11.8 Å². The molecule has 0 radical (unpaired) electrons. The molecule has 2 saturated carbocycles. The molecule has 0 bridgehead atoms. The minimum Gasteiger partial charge on any atom is -0.354 e. The van der Waals surface area contributed by atoms with Crippen molar-refractivity contribution in [3.63, 3.8) is 0 Å². The first kappa shape index (κ1) is 21.8. The highest BCUT2D eigenvalue weighted by Gasteiger charge is 2.51. The van der Waals surface area contributed by atoms with Gasteiger partial charge in [-0.15, -0.1) is 0 Å². The quantitative estimate of drug-likeness (QED) is 0.513. The van der Waals surface area contributed by atoms with Crippen molar-refractivity contribution < 1.29 is 9.59 Å². The van der Waals surface area contributed by atoms with Crippen molar-refractivity contribution in [1.29, 1.82) is 0 Å². The van der Waals surface area contributed by atoms with Gasteiger partial charge in [0.15, 0.2) is 5.84 Å². The van der Waals surface area contributed by atoms with E-state index in [1.54, 1.807) is 6.20 Å². The summed E-state index contributed by atoms with van der Waals surface area (Å²) in [6.45, 7) is 7.55. The van der Waals surface area contributed by atoms with E-state index in [4.69, 9.17) is 4.99 Å². The van der Waals surface area contributed by atoms with Crippen molar-refractivity contribution in [3.05, 3.63) is 30.1 Å². The predicted molar refractivity (Wildman–Crippen MR) is 121 cm³/mol. The molecule has 1 aliphatic heterocycles. The third-order valence-electron chi connectivity index (χ3n) is 6.82. The van der Waals surface area contributed by atoms with Crippen molar-refractivity contribution in [3.8, 4) is 0 Å². The second-order valence-corrected chi connectivity index (χ2v) is 9.29. The zero-order valence-electron chi connectivity index (χ0n) is 18.8. The Morgan fingerprint density at radius 2 is 1.90 bits per heavy atom. The van der Waals surface area contributed by atoms with Crippen LogP contribution in [0.4, 0.5) is 0 Å². The van der Waals surface area contributed by atoms with E-state index in [1.165, 1.54) is 12.8 Å². The molecule has 31 heavy (non-hydrogen) atoms. The van der Waals surface area contributed by atoms with Crippen LogP contribution in [-0.2, 0) is 9.59 Å². The van der Waals surface area contributed by atoms with Gasteiger partial charge in [0.1, 0.15) is 11.2 Å². The summed E-state index contributed by atoms with van der Waals surface area (Å²) in [6, 6.07) is 5.80. The molecule has 1 aromatic heterocycles. The SMILES string of the molecule is CCC(C)C(=O)N1CCN(C(=NC2(C(=O)NCCC3CC3)CC2)c2ccccn2)CC1. The molecular weight excluding hydrogens is 390 g/mol. The van der Waals surface area contributed by atoms with Crippen LogP contribution in [0.1, 0.15) is 58.1 Å². The van der Waals surface area contributed by atoms with E-state index in [2.05, 4.69) is 22.1 Å². The van der Waals surface area contributed by atoms with Crippen molar-refractivity contribution >= 4 is 17.6 Å². The maximum absolute atomic E-state index is 12.9. The largest absolute Gasteiger partial charge is 0.354 e. The molecule has 168 valence electrons. The van der Waals surface area contributed by atoms with Crippen LogP contribution in [0.25, 0.3) is 0 Å². The summed E-state index contributed by atoms with van der Waals surface area (Å²) in [5.74, 6) is 1.92. The van der Waals surface area contributed by atoms with Crippen LogP contribution in [0.15, 0.2) is 29.4 Å². The van der Waals surface area contributed by atoms with Gasteiger partial charge in [0, 0.05) is 44.8 Å². The molecule has 1 N–H and O–H groups in total. The van der Waals surface area contributed by atoms with Crippen molar-refractivity contribution in [1.82, 2.24) is 20.1 Å². The maximum Gasteiger partial charge on any atom is 0.248 e. The maximum atomic E-state index is 12.9. The van der Waals surface area contributed by atoms with Crippen LogP contribution in [-0.4, -0.2) is 70.7 Å². The Hall–Kier alpha value is -2.44. The highest BCUT2D eigenvalue weighted by atomic mass is 16.2. The molecule has 1 saturated heterocycles. The van der Waals surface area contributed by atoms with Gasteiger partial charge >= 0.3 is 0 Å². The number of carbonyl (C=O) groups is 2. The summed E-state index contributed by atoms with van der Waals surface area (Å²) in [5.41, 5.74) is 0.140. The van der Waals surface area contributed by atoms with Crippen LogP contribution < -0.4 is 5.32 Å². The Labute approximate surface area is 185 Å². The van der Waals surface area contributed by atoms with Crippen LogP contribution in [0.3, 0.4) is 0 Å². The van der Waals surface area contributed by atoms with Crippen molar-refractivity contribution in [2.45, 2.75) is 57.9 Å². The van der Waals surface area contributed by atoms with Gasteiger partial charge in [-0.1, -0.05) is 32.8 Å². The fraction of sp³-hybridized carbons (Fsp3) is 0.667. The molecule has 0 aromatic carbocycles. The molecule has 4 rings (SSSR count). The molecule has 1 unspecified atom stereocenters. The van der Waals surface area contributed by atoms with Gasteiger partial charge in [0.25, 0.3) is 0 Å². The third kappa shape index (κ3) is 5.25. The summed E-state index contributed by atoms with van der Waals surface area (Å²) in [4.78, 5) is 39.2. The van der Waals surface area contributed by atoms with Crippen LogP contribution in [0.5, 0.6) is 0 Å². The molecule has 1 aromatic rings. The van der Waals surface area contributed by atoms with E-state index < -0.39 is 5.54 Å². The second-order valence-electron chi connectivity index (χ2n) is 9.29. The van der Waals surface area contributed by atoms with Gasteiger partial charge in [-0.2, -0.15) is 0 Å². The average Bonchev–Trinajstić information content (AvgIpc) is 3.73. The topological polar surface area (TPSA) is 77.9 Å². The average molecular weight is 426 g/mol. The summed E-state index contributed by atoms with van der Waals surface area (Å²) in [7, 11) is 0. The Bertz CT molecular complexity index is 809. The fourth-order valence-electron chi connectivity index (χ4n) is 4.08. The molecule has 3 fully saturated rings. The highest BCUT2D eigenvalue weighted by molar-refractivity contribution is 6.01. The Morgan fingerprint density at radius 3 is 2.48 bits per heavy atom. The van der Waals surface area contributed by atoms with E-state index in [0.29, 0.717) is 26.2 Å². The molecule has 7 heteroatoms. The summed E-state index contributed by atoms with van der Waals surface area (Å²) in [5, 5.41) is 3.12. The first-order valence-electron chi connectivity index (χ1n) is 11.9. The first-order chi connectivity index (χ1) is 15.0. The standard InChI is InChI=1S/C24H35N5O2/c1-3-18(2)22(30)29-16-14-28(15-17-29)21(20-6-4-5-12-25-20)27-24(10-11-24)23(31)26-13-9-19-7-8-19/h4-6,12,18-19H,3,7-11,13-17H2,1-2H3,(H,26,31). The zero-order valence-corrected chi connectivity index (χ0v) is 18.8. The van der Waals surface area contributed by atoms with Gasteiger partial charge in [0.05, 0.1) is 0 Å². The van der Waals surface area contributed by atoms with E-state index in [0.717, 1.165) is 49.7 Å². The number of carbonyl (C=O) groups excluding carboxylic acids is 2. The fourth-order valence-corrected chi connectivity index (χ4v) is 4.08. The monoisotopic (exact) mass is 425 g/mol. The number of rotatable bonds is 8. The van der Waals surface area contributed by atoms with E-state index >= 15 is 0 Å². The van der Waals surface area contributed by atoms with Gasteiger partial charge in [-0.3, -0.25) is 14.6 Å². The van der Waals surface area contributed by atoms with Gasteiger partial charge in [-0.05, 0) is 43.7 Å². The zero-order chi connectivity index (χ0) is 21.8. The Kier molecular flexibility index (Phi) is 6.58. The van der Waals surface area contributed by atoms with Gasteiger partial charge < -0.3 is 15.1 Å². The van der Waals surface area contributed by atoms with Crippen molar-refractivity contribution in [2.75, 3.05) is 32.7 Å². The number of pyridine rings is 1. The van der Waals surface area contributed by atoms with Crippen LogP contribution >= 0.6 is 0 Å². The number of amides is 2. The molecular formula is C24H35N5O2. The Morgan fingerprint density at radius 1 is 1.19 bits per heavy atom. The molecule has 7 nitrogen and oxygen atoms in total. The summed E-state index contributed by atoms with van der Waals surface area (Å²) >= 11 is 0. The van der Waals surface area contributed by atoms with E-state index in [1.807, 2.05) is 30.0 Å². The number of amidine groups is 1. The predicted octanol–water partition coefficient (Wildman–Crippen LogP) is 2.47. The lowest BCUT2D eigenvalue weighted by Crippen LogP contribution is -2.52. The minimum atomic E-state index is -0.653. The number of nitrogens with zero attached hydrogens (tertiary/aromatic N) is 4. The molecule has 1 atom stereocenters. The molecule has 3 aliphatic rings. The van der Waals surface area contributed by atoms with E-state index in [-0.39, 0.29) is 17.7 Å². The number of aromatic nitrogens is 1. The molecule has 2 amide bonds. The number of hydrogen-bond donors (Lipinski definition) is 1. The Balaban J connectivity index is 1.47. The van der Waals surface area contributed by atoms with Crippen molar-refractivity contribution in [2.24, 2.45) is 16.8 Å². The molecule has 2 aliphatic carbocycles. The smallest absolute Gasteiger partial charge is 0.248 e. The van der Waals surface area contributed by atoms with Gasteiger partial charge in [-0.25, -0.2) is 4.99 Å². The summed E-state index contributed by atoms with van der Waals surface area (Å²) < 4.78 is 0. The molecule has 2 heterocycles. The normalized spacial score (nSPS) is 21.5. The number of nitrogens with one attached hydrogen (secondary N) is 1. The lowest BCUT2D eigenvalue weighted by Gasteiger charge is -2.37. The van der Waals surface area contributed by atoms with E-state index in [9.17, 15) is 9.59 Å². The third-order valence-corrected chi connectivity index (χ3v) is 6.82. The lowest BCUT2D eigenvalue weighted by atomic mass is 10.1. The van der Waals surface area contributed by atoms with Crippen LogP contribution in [0.2, 0.25) is 0 Å². The highest BCUT2D eigenvalue weighted by Crippen LogP contribution is 2.41. The minimum absolute atomic E-state index is 0.0483. The second kappa shape index (κ2) is 9.37. The van der Waals surface area contributed by atoms with Gasteiger partial charge in [0.2, 0.25) is 11.8 Å². The number of aliphatic imine (C=N–C) groups is 1.